The van der Waals surface area contributed by atoms with Crippen molar-refractivity contribution >= 4 is 15.9 Å². The summed E-state index contributed by atoms with van der Waals surface area (Å²) in [6.45, 7) is 4.38. The van der Waals surface area contributed by atoms with E-state index in [4.69, 9.17) is 6.42 Å². The number of nitrogens with one attached hydrogen (secondary N) is 1. The summed E-state index contributed by atoms with van der Waals surface area (Å²) >= 11 is 0. The van der Waals surface area contributed by atoms with Gasteiger partial charge in [-0.05, 0) is 37.5 Å². The highest BCUT2D eigenvalue weighted by Crippen LogP contribution is 2.33. The van der Waals surface area contributed by atoms with E-state index < -0.39 is 10.0 Å². The van der Waals surface area contributed by atoms with Gasteiger partial charge in [0.15, 0.2) is 0 Å². The average Bonchev–Trinajstić information content (AvgIpc) is 2.36. The Balaban J connectivity index is 2.46. The van der Waals surface area contributed by atoms with Crippen LogP contribution in [0.2, 0.25) is 0 Å². The second kappa shape index (κ2) is 6.95. The van der Waals surface area contributed by atoms with Gasteiger partial charge < -0.3 is 0 Å². The summed E-state index contributed by atoms with van der Waals surface area (Å²) in [5.41, 5.74) is 0. The highest BCUT2D eigenvalue weighted by Gasteiger charge is 2.29. The van der Waals surface area contributed by atoms with E-state index in [1.54, 1.807) is 0 Å². The smallest absolute Gasteiger partial charge is 0.236 e. The van der Waals surface area contributed by atoms with Gasteiger partial charge in [0.25, 0.3) is 0 Å². The fraction of sp³-hybridized carbons (Fsp3) is 0.786. The van der Waals surface area contributed by atoms with Crippen molar-refractivity contribution in [1.29, 1.82) is 0 Å². The molecule has 1 amide bonds. The Morgan fingerprint density at radius 1 is 1.32 bits per heavy atom. The van der Waals surface area contributed by atoms with Crippen LogP contribution in [-0.4, -0.2) is 20.1 Å². The molecule has 0 saturated heterocycles. The van der Waals surface area contributed by atoms with Gasteiger partial charge in [-0.3, -0.25) is 9.52 Å². The number of hydrogen-bond acceptors (Lipinski definition) is 3. The van der Waals surface area contributed by atoms with Crippen LogP contribution in [-0.2, 0) is 14.8 Å². The minimum atomic E-state index is -3.56. The predicted molar refractivity (Wildman–Crippen MR) is 75.7 cm³/mol. The zero-order valence-electron chi connectivity index (χ0n) is 11.7. The lowest BCUT2D eigenvalue weighted by Crippen LogP contribution is -2.38. The molecular formula is C14H23NO3S. The number of terminal acetylenes is 1. The average molecular weight is 285 g/mol. The van der Waals surface area contributed by atoms with Crippen molar-refractivity contribution in [3.63, 3.8) is 0 Å². The van der Waals surface area contributed by atoms with E-state index in [1.807, 2.05) is 0 Å². The van der Waals surface area contributed by atoms with E-state index in [9.17, 15) is 13.2 Å². The monoisotopic (exact) mass is 285 g/mol. The first-order chi connectivity index (χ1) is 8.85. The number of carbonyl (C=O) groups excluding carboxylic acids is 1. The molecule has 1 N–H and O–H groups in total. The van der Waals surface area contributed by atoms with Gasteiger partial charge in [0.05, 0.1) is 5.75 Å². The van der Waals surface area contributed by atoms with Crippen molar-refractivity contribution in [2.45, 2.75) is 46.0 Å². The number of rotatable bonds is 5. The van der Waals surface area contributed by atoms with Gasteiger partial charge in [-0.25, -0.2) is 8.42 Å². The van der Waals surface area contributed by atoms with E-state index >= 15 is 0 Å². The van der Waals surface area contributed by atoms with Crippen molar-refractivity contribution in [1.82, 2.24) is 4.72 Å². The molecule has 1 aliphatic carbocycles. The molecule has 0 aromatic rings. The summed E-state index contributed by atoms with van der Waals surface area (Å²) in [6, 6.07) is 0. The fourth-order valence-electron chi connectivity index (χ4n) is 2.53. The molecule has 0 unspecified atom stereocenters. The van der Waals surface area contributed by atoms with Crippen LogP contribution in [0.25, 0.3) is 0 Å². The van der Waals surface area contributed by atoms with Crippen LogP contribution >= 0.6 is 0 Å². The Morgan fingerprint density at radius 3 is 2.37 bits per heavy atom. The van der Waals surface area contributed by atoms with Gasteiger partial charge >= 0.3 is 0 Å². The number of carbonyl (C=O) groups is 1. The van der Waals surface area contributed by atoms with Crippen LogP contribution in [0.15, 0.2) is 0 Å². The zero-order valence-corrected chi connectivity index (χ0v) is 12.5. The van der Waals surface area contributed by atoms with E-state index in [2.05, 4.69) is 24.5 Å². The SMILES string of the molecule is C#CCCS(=O)(=O)NC(=O)C1CCC(C(C)C)CC1. The molecule has 0 atom stereocenters. The first-order valence-electron chi connectivity index (χ1n) is 6.83. The van der Waals surface area contributed by atoms with Crippen LogP contribution in [0.4, 0.5) is 0 Å². The Labute approximate surface area is 116 Å². The maximum absolute atomic E-state index is 11.9. The Kier molecular flexibility index (Phi) is 5.86. The predicted octanol–water partition coefficient (Wildman–Crippen LogP) is 1.92. The van der Waals surface area contributed by atoms with Crippen molar-refractivity contribution < 1.29 is 13.2 Å². The third-order valence-electron chi connectivity index (χ3n) is 3.86. The first-order valence-corrected chi connectivity index (χ1v) is 8.48. The Bertz CT molecular complexity index is 440. The molecule has 0 radical (unpaired) electrons. The highest BCUT2D eigenvalue weighted by atomic mass is 32.2. The molecule has 0 heterocycles. The normalized spacial score (nSPS) is 23.9. The quantitative estimate of drug-likeness (QED) is 0.785. The van der Waals surface area contributed by atoms with Gasteiger partial charge in [-0.1, -0.05) is 13.8 Å². The number of amides is 1. The second-order valence-electron chi connectivity index (χ2n) is 5.60. The molecule has 5 heteroatoms. The largest absolute Gasteiger partial charge is 0.274 e. The molecule has 4 nitrogen and oxygen atoms in total. The van der Waals surface area contributed by atoms with Crippen LogP contribution < -0.4 is 4.72 Å². The summed E-state index contributed by atoms with van der Waals surface area (Å²) in [7, 11) is -3.56. The van der Waals surface area contributed by atoms with E-state index in [0.29, 0.717) is 11.8 Å². The number of sulfonamides is 1. The molecular weight excluding hydrogens is 262 g/mol. The van der Waals surface area contributed by atoms with Crippen molar-refractivity contribution in [2.75, 3.05) is 5.75 Å². The molecule has 1 saturated carbocycles. The van der Waals surface area contributed by atoms with Crippen molar-refractivity contribution in [3.05, 3.63) is 0 Å². The van der Waals surface area contributed by atoms with Crippen LogP contribution in [0, 0.1) is 30.1 Å². The van der Waals surface area contributed by atoms with Crippen LogP contribution in [0.5, 0.6) is 0 Å². The Morgan fingerprint density at radius 2 is 1.89 bits per heavy atom. The van der Waals surface area contributed by atoms with Gasteiger partial charge in [0.2, 0.25) is 15.9 Å². The minimum absolute atomic E-state index is 0.128. The minimum Gasteiger partial charge on any atom is -0.274 e. The van der Waals surface area contributed by atoms with Gasteiger partial charge in [0, 0.05) is 12.3 Å². The maximum Gasteiger partial charge on any atom is 0.236 e. The van der Waals surface area contributed by atoms with Crippen LogP contribution in [0.1, 0.15) is 46.0 Å². The third-order valence-corrected chi connectivity index (χ3v) is 5.11. The molecule has 1 rings (SSSR count). The van der Waals surface area contributed by atoms with E-state index in [0.717, 1.165) is 25.7 Å². The molecule has 19 heavy (non-hydrogen) atoms. The standard InChI is InChI=1S/C14H23NO3S/c1-4-5-10-19(17,18)15-14(16)13-8-6-12(7-9-13)11(2)3/h1,11-13H,5-10H2,2-3H3,(H,15,16). The Hall–Kier alpha value is -1.02. The second-order valence-corrected chi connectivity index (χ2v) is 7.44. The van der Waals surface area contributed by atoms with E-state index in [1.165, 1.54) is 0 Å². The summed E-state index contributed by atoms with van der Waals surface area (Å²) in [6.07, 6.45) is 8.71. The molecule has 1 aliphatic rings. The summed E-state index contributed by atoms with van der Waals surface area (Å²) in [5, 5.41) is 0. The molecule has 0 bridgehead atoms. The van der Waals surface area contributed by atoms with Crippen molar-refractivity contribution in [2.24, 2.45) is 17.8 Å². The van der Waals surface area contributed by atoms with Crippen molar-refractivity contribution in [3.8, 4) is 12.3 Å². The van der Waals surface area contributed by atoms with E-state index in [-0.39, 0.29) is 24.0 Å². The first kappa shape index (κ1) is 16.0. The fourth-order valence-corrected chi connectivity index (χ4v) is 3.49. The summed E-state index contributed by atoms with van der Waals surface area (Å²) in [5.74, 6) is 2.83. The molecule has 1 fully saturated rings. The lowest BCUT2D eigenvalue weighted by Gasteiger charge is -2.29. The maximum atomic E-state index is 11.9. The van der Waals surface area contributed by atoms with Crippen LogP contribution in [0.3, 0.4) is 0 Å². The summed E-state index contributed by atoms with van der Waals surface area (Å²) < 4.78 is 25.3. The van der Waals surface area contributed by atoms with Gasteiger partial charge in [-0.15, -0.1) is 12.3 Å². The number of hydrogen-bond donors (Lipinski definition) is 1. The van der Waals surface area contributed by atoms with Gasteiger partial charge in [0.1, 0.15) is 0 Å². The zero-order chi connectivity index (χ0) is 14.5. The lowest BCUT2D eigenvalue weighted by molar-refractivity contribution is -0.124. The molecule has 0 spiro atoms. The lowest BCUT2D eigenvalue weighted by atomic mass is 9.77. The molecule has 108 valence electrons. The molecule has 0 aromatic heterocycles. The highest BCUT2D eigenvalue weighted by molar-refractivity contribution is 7.90. The topological polar surface area (TPSA) is 63.2 Å². The molecule has 0 aromatic carbocycles. The third kappa shape index (κ3) is 5.23. The molecule has 0 aliphatic heterocycles. The summed E-state index contributed by atoms with van der Waals surface area (Å²) in [4.78, 5) is 11.9. The van der Waals surface area contributed by atoms with Gasteiger partial charge in [-0.2, -0.15) is 0 Å².